The van der Waals surface area contributed by atoms with E-state index in [2.05, 4.69) is 24.5 Å². The molecule has 1 heterocycles. The van der Waals surface area contributed by atoms with Crippen LogP contribution in [0.15, 0.2) is 24.3 Å². The largest absolute Gasteiger partial charge is 0.494 e. The van der Waals surface area contributed by atoms with E-state index in [0.717, 1.165) is 37.4 Å². The number of hydrogen-bond acceptors (Lipinski definition) is 3. The van der Waals surface area contributed by atoms with Crippen LogP contribution in [0.3, 0.4) is 0 Å². The monoisotopic (exact) mass is 262 g/mol. The van der Waals surface area contributed by atoms with Crippen LogP contribution in [0.2, 0.25) is 0 Å². The summed E-state index contributed by atoms with van der Waals surface area (Å²) in [6.07, 6.45) is 1.90. The Kier molecular flexibility index (Phi) is 4.80. The van der Waals surface area contributed by atoms with Gasteiger partial charge in [0.05, 0.1) is 12.5 Å². The Hall–Kier alpha value is -1.55. The SMILES string of the molecule is CCCOc1ccc(NC(=O)C2CCNC2C)cc1. The average Bonchev–Trinajstić information content (AvgIpc) is 2.84. The van der Waals surface area contributed by atoms with Gasteiger partial charge in [0.25, 0.3) is 0 Å². The van der Waals surface area contributed by atoms with Crippen LogP contribution in [0.1, 0.15) is 26.7 Å². The molecule has 1 saturated heterocycles. The third-order valence-corrected chi connectivity index (χ3v) is 3.46. The summed E-state index contributed by atoms with van der Waals surface area (Å²) in [6, 6.07) is 7.81. The summed E-state index contributed by atoms with van der Waals surface area (Å²) in [7, 11) is 0. The van der Waals surface area contributed by atoms with E-state index in [0.29, 0.717) is 0 Å². The molecule has 2 atom stereocenters. The van der Waals surface area contributed by atoms with Gasteiger partial charge in [-0.15, -0.1) is 0 Å². The molecule has 1 amide bonds. The highest BCUT2D eigenvalue weighted by Crippen LogP contribution is 2.20. The standard InChI is InChI=1S/C15H22N2O2/c1-3-10-19-13-6-4-12(5-7-13)17-15(18)14-8-9-16-11(14)2/h4-7,11,14,16H,3,8-10H2,1-2H3,(H,17,18). The van der Waals surface area contributed by atoms with Crippen LogP contribution < -0.4 is 15.4 Å². The van der Waals surface area contributed by atoms with E-state index in [1.807, 2.05) is 24.3 Å². The van der Waals surface area contributed by atoms with Gasteiger partial charge in [0.15, 0.2) is 0 Å². The van der Waals surface area contributed by atoms with E-state index >= 15 is 0 Å². The molecule has 0 bridgehead atoms. The number of rotatable bonds is 5. The lowest BCUT2D eigenvalue weighted by Crippen LogP contribution is -2.32. The molecule has 4 nitrogen and oxygen atoms in total. The zero-order valence-corrected chi connectivity index (χ0v) is 11.6. The van der Waals surface area contributed by atoms with Crippen molar-refractivity contribution in [2.75, 3.05) is 18.5 Å². The van der Waals surface area contributed by atoms with Gasteiger partial charge < -0.3 is 15.4 Å². The van der Waals surface area contributed by atoms with Gasteiger partial charge in [0, 0.05) is 11.7 Å². The molecule has 2 N–H and O–H groups in total. The van der Waals surface area contributed by atoms with Gasteiger partial charge in [-0.1, -0.05) is 6.92 Å². The minimum atomic E-state index is 0.0658. The van der Waals surface area contributed by atoms with Crippen LogP contribution in [0.4, 0.5) is 5.69 Å². The number of anilines is 1. The summed E-state index contributed by atoms with van der Waals surface area (Å²) in [6.45, 7) is 5.77. The topological polar surface area (TPSA) is 50.4 Å². The quantitative estimate of drug-likeness (QED) is 0.856. The average molecular weight is 262 g/mol. The van der Waals surface area contributed by atoms with Gasteiger partial charge in [0.2, 0.25) is 5.91 Å². The smallest absolute Gasteiger partial charge is 0.229 e. The Labute approximate surface area is 114 Å². The number of ether oxygens (including phenoxy) is 1. The van der Waals surface area contributed by atoms with Crippen molar-refractivity contribution in [3.63, 3.8) is 0 Å². The molecule has 104 valence electrons. The highest BCUT2D eigenvalue weighted by molar-refractivity contribution is 5.93. The maximum Gasteiger partial charge on any atom is 0.229 e. The molecule has 0 spiro atoms. The molecule has 2 unspecified atom stereocenters. The van der Waals surface area contributed by atoms with E-state index in [1.165, 1.54) is 0 Å². The molecule has 0 aromatic heterocycles. The lowest BCUT2D eigenvalue weighted by atomic mass is 10.0. The number of benzene rings is 1. The summed E-state index contributed by atoms with van der Waals surface area (Å²) in [5.41, 5.74) is 0.827. The van der Waals surface area contributed by atoms with E-state index in [4.69, 9.17) is 4.74 Å². The number of hydrogen-bond donors (Lipinski definition) is 2. The first-order chi connectivity index (χ1) is 9.20. The Morgan fingerprint density at radius 3 is 2.74 bits per heavy atom. The summed E-state index contributed by atoms with van der Waals surface area (Å²) >= 11 is 0. The molecule has 0 saturated carbocycles. The molecular weight excluding hydrogens is 240 g/mol. The first kappa shape index (κ1) is 13.9. The lowest BCUT2D eigenvalue weighted by molar-refractivity contribution is -0.120. The minimum absolute atomic E-state index is 0.0658. The van der Waals surface area contributed by atoms with Gasteiger partial charge in [-0.25, -0.2) is 0 Å². The van der Waals surface area contributed by atoms with Gasteiger partial charge in [-0.3, -0.25) is 4.79 Å². The third kappa shape index (κ3) is 3.70. The maximum absolute atomic E-state index is 12.1. The molecule has 19 heavy (non-hydrogen) atoms. The van der Waals surface area contributed by atoms with Crippen molar-refractivity contribution in [2.45, 2.75) is 32.7 Å². The Morgan fingerprint density at radius 2 is 2.16 bits per heavy atom. The van der Waals surface area contributed by atoms with Crippen LogP contribution in [0, 0.1) is 5.92 Å². The van der Waals surface area contributed by atoms with E-state index in [1.54, 1.807) is 0 Å². The summed E-state index contributed by atoms with van der Waals surface area (Å²) in [4.78, 5) is 12.1. The fourth-order valence-electron chi connectivity index (χ4n) is 2.31. The molecule has 1 aliphatic heterocycles. The minimum Gasteiger partial charge on any atom is -0.494 e. The van der Waals surface area contributed by atoms with Crippen LogP contribution in [0.25, 0.3) is 0 Å². The molecule has 1 aromatic carbocycles. The normalized spacial score (nSPS) is 22.2. The molecular formula is C15H22N2O2. The van der Waals surface area contributed by atoms with Crippen molar-refractivity contribution in [1.82, 2.24) is 5.32 Å². The first-order valence-corrected chi connectivity index (χ1v) is 6.98. The molecule has 0 aliphatic carbocycles. The Morgan fingerprint density at radius 1 is 1.42 bits per heavy atom. The van der Waals surface area contributed by atoms with Crippen molar-refractivity contribution >= 4 is 11.6 Å². The number of carbonyl (C=O) groups is 1. The second-order valence-electron chi connectivity index (χ2n) is 5.00. The number of carbonyl (C=O) groups excluding carboxylic acids is 1. The lowest BCUT2D eigenvalue weighted by Gasteiger charge is -2.15. The van der Waals surface area contributed by atoms with E-state index in [9.17, 15) is 4.79 Å². The molecule has 1 aromatic rings. The van der Waals surface area contributed by atoms with E-state index in [-0.39, 0.29) is 17.9 Å². The second-order valence-corrected chi connectivity index (χ2v) is 5.00. The Balaban J connectivity index is 1.90. The van der Waals surface area contributed by atoms with Crippen molar-refractivity contribution in [1.29, 1.82) is 0 Å². The molecule has 0 radical (unpaired) electrons. The molecule has 1 fully saturated rings. The number of nitrogens with one attached hydrogen (secondary N) is 2. The highest BCUT2D eigenvalue weighted by Gasteiger charge is 2.29. The molecule has 4 heteroatoms. The van der Waals surface area contributed by atoms with Crippen LogP contribution >= 0.6 is 0 Å². The van der Waals surface area contributed by atoms with Crippen LogP contribution in [-0.4, -0.2) is 25.1 Å². The second kappa shape index (κ2) is 6.57. The van der Waals surface area contributed by atoms with Crippen molar-refractivity contribution in [2.24, 2.45) is 5.92 Å². The fraction of sp³-hybridized carbons (Fsp3) is 0.533. The van der Waals surface area contributed by atoms with Gasteiger partial charge in [0.1, 0.15) is 5.75 Å². The van der Waals surface area contributed by atoms with Crippen LogP contribution in [0.5, 0.6) is 5.75 Å². The highest BCUT2D eigenvalue weighted by atomic mass is 16.5. The van der Waals surface area contributed by atoms with Gasteiger partial charge in [-0.05, 0) is 50.6 Å². The van der Waals surface area contributed by atoms with Crippen molar-refractivity contribution in [3.05, 3.63) is 24.3 Å². The number of amides is 1. The predicted molar refractivity (Wildman–Crippen MR) is 76.4 cm³/mol. The van der Waals surface area contributed by atoms with Gasteiger partial charge >= 0.3 is 0 Å². The van der Waals surface area contributed by atoms with Gasteiger partial charge in [-0.2, -0.15) is 0 Å². The molecule has 2 rings (SSSR count). The fourth-order valence-corrected chi connectivity index (χ4v) is 2.31. The first-order valence-electron chi connectivity index (χ1n) is 6.98. The Bertz CT molecular complexity index is 417. The third-order valence-electron chi connectivity index (χ3n) is 3.46. The predicted octanol–water partition coefficient (Wildman–Crippen LogP) is 2.41. The van der Waals surface area contributed by atoms with Crippen LogP contribution in [-0.2, 0) is 4.79 Å². The maximum atomic E-state index is 12.1. The summed E-state index contributed by atoms with van der Waals surface area (Å²) in [5.74, 6) is 1.01. The zero-order chi connectivity index (χ0) is 13.7. The van der Waals surface area contributed by atoms with Crippen molar-refractivity contribution < 1.29 is 9.53 Å². The summed E-state index contributed by atoms with van der Waals surface area (Å²) in [5, 5.41) is 6.25. The summed E-state index contributed by atoms with van der Waals surface area (Å²) < 4.78 is 5.51. The zero-order valence-electron chi connectivity index (χ0n) is 11.6. The van der Waals surface area contributed by atoms with Crippen molar-refractivity contribution in [3.8, 4) is 5.75 Å². The van der Waals surface area contributed by atoms with E-state index < -0.39 is 0 Å². The molecule has 1 aliphatic rings.